The van der Waals surface area contributed by atoms with E-state index in [9.17, 15) is 22.4 Å². The second kappa shape index (κ2) is 9.40. The minimum absolute atomic E-state index is 0.0293. The lowest BCUT2D eigenvalue weighted by Crippen LogP contribution is -2.29. The number of carbonyl (C=O) groups excluding carboxylic acids is 2. The summed E-state index contributed by atoms with van der Waals surface area (Å²) in [6, 6.07) is 3.11. The van der Waals surface area contributed by atoms with Gasteiger partial charge in [-0.1, -0.05) is 6.07 Å². The van der Waals surface area contributed by atoms with Gasteiger partial charge in [0.2, 0.25) is 15.9 Å². The Morgan fingerprint density at radius 2 is 2.03 bits per heavy atom. The van der Waals surface area contributed by atoms with Gasteiger partial charge >= 0.3 is 6.03 Å². The zero-order valence-corrected chi connectivity index (χ0v) is 18.8. The summed E-state index contributed by atoms with van der Waals surface area (Å²) in [5.41, 5.74) is 1.11. The number of sulfonamides is 1. The number of urea groups is 1. The molecular formula is C21H24FN5O5S. The molecule has 1 aliphatic carbocycles. The van der Waals surface area contributed by atoms with Gasteiger partial charge < -0.3 is 9.64 Å². The second-order valence-corrected chi connectivity index (χ2v) is 10.0. The molecule has 10 nitrogen and oxygen atoms in total. The van der Waals surface area contributed by atoms with Gasteiger partial charge in [-0.05, 0) is 43.4 Å². The molecule has 1 aliphatic heterocycles. The number of nitrogens with one attached hydrogen (secondary N) is 2. The molecule has 1 saturated carbocycles. The first-order valence-electron chi connectivity index (χ1n) is 10.5. The number of carbonyl (C=O) groups is 2. The SMILES string of the molecule is C[C@@H](NS(=O)(=O)Cc1cncc(CN2CC(=O)NC2=O)n1)c1ccc(F)c(OCC2CC2)c1. The molecule has 12 heteroatoms. The summed E-state index contributed by atoms with van der Waals surface area (Å²) in [5.74, 6) is -0.772. The van der Waals surface area contributed by atoms with Crippen LogP contribution < -0.4 is 14.8 Å². The van der Waals surface area contributed by atoms with Crippen molar-refractivity contribution in [2.45, 2.75) is 38.1 Å². The van der Waals surface area contributed by atoms with E-state index in [1.54, 1.807) is 6.92 Å². The van der Waals surface area contributed by atoms with Crippen LogP contribution in [-0.4, -0.2) is 48.4 Å². The largest absolute Gasteiger partial charge is 0.490 e. The highest BCUT2D eigenvalue weighted by Crippen LogP contribution is 2.31. The van der Waals surface area contributed by atoms with Gasteiger partial charge in [-0.15, -0.1) is 0 Å². The molecule has 1 atom stereocenters. The summed E-state index contributed by atoms with van der Waals surface area (Å²) < 4.78 is 47.5. The summed E-state index contributed by atoms with van der Waals surface area (Å²) in [4.78, 5) is 32.5. The summed E-state index contributed by atoms with van der Waals surface area (Å²) in [7, 11) is -3.82. The monoisotopic (exact) mass is 477 g/mol. The van der Waals surface area contributed by atoms with Gasteiger partial charge in [-0.25, -0.2) is 22.3 Å². The third kappa shape index (κ3) is 6.23. The lowest BCUT2D eigenvalue weighted by atomic mass is 10.1. The molecule has 33 heavy (non-hydrogen) atoms. The van der Waals surface area contributed by atoms with Crippen molar-refractivity contribution in [1.82, 2.24) is 24.9 Å². The highest BCUT2D eigenvalue weighted by Gasteiger charge is 2.27. The summed E-state index contributed by atoms with van der Waals surface area (Å²) in [6.07, 6.45) is 4.88. The van der Waals surface area contributed by atoms with Crippen LogP contribution in [0.15, 0.2) is 30.6 Å². The molecule has 0 bridgehead atoms. The third-order valence-corrected chi connectivity index (χ3v) is 6.66. The number of imide groups is 1. The molecule has 2 N–H and O–H groups in total. The third-order valence-electron chi connectivity index (χ3n) is 5.28. The number of nitrogens with zero attached hydrogens (tertiary/aromatic N) is 3. The van der Waals surface area contributed by atoms with Gasteiger partial charge in [0.1, 0.15) is 12.3 Å². The molecule has 176 valence electrons. The fourth-order valence-corrected chi connectivity index (χ4v) is 4.66. The molecule has 3 amide bonds. The number of benzene rings is 1. The molecule has 2 aliphatic rings. The number of amides is 3. The van der Waals surface area contributed by atoms with Crippen molar-refractivity contribution in [1.29, 1.82) is 0 Å². The maximum Gasteiger partial charge on any atom is 0.324 e. The first kappa shape index (κ1) is 23.1. The van der Waals surface area contributed by atoms with E-state index in [2.05, 4.69) is 20.0 Å². The van der Waals surface area contributed by atoms with Crippen LogP contribution in [0.1, 0.15) is 42.8 Å². The molecule has 4 rings (SSSR count). The smallest absolute Gasteiger partial charge is 0.324 e. The van der Waals surface area contributed by atoms with E-state index < -0.39 is 39.6 Å². The van der Waals surface area contributed by atoms with Crippen LogP contribution in [0.2, 0.25) is 0 Å². The number of halogens is 1. The van der Waals surface area contributed by atoms with Crippen LogP contribution in [0.5, 0.6) is 5.75 Å². The number of ether oxygens (including phenoxy) is 1. The van der Waals surface area contributed by atoms with Gasteiger partial charge in [-0.3, -0.25) is 20.1 Å². The van der Waals surface area contributed by atoms with E-state index in [1.165, 1.54) is 35.5 Å². The van der Waals surface area contributed by atoms with Crippen molar-refractivity contribution in [3.05, 3.63) is 53.4 Å². The Balaban J connectivity index is 1.39. The standard InChI is InChI=1S/C21H24FN5O5S/c1-13(15-4-5-18(22)19(6-15)32-11-14-2-3-14)26-33(30,31)12-17-8-23-7-16(24-17)9-27-10-20(28)25-21(27)29/h4-8,13-14,26H,2-3,9-12H2,1H3,(H,25,28,29)/t13-/m1/s1. The van der Waals surface area contributed by atoms with Crippen LogP contribution in [-0.2, 0) is 27.1 Å². The van der Waals surface area contributed by atoms with Crippen LogP contribution in [0.4, 0.5) is 9.18 Å². The Morgan fingerprint density at radius 1 is 1.27 bits per heavy atom. The fraction of sp³-hybridized carbons (Fsp3) is 0.429. The van der Waals surface area contributed by atoms with Crippen molar-refractivity contribution in [3.8, 4) is 5.75 Å². The molecule has 1 aromatic carbocycles. The number of rotatable bonds is 10. The van der Waals surface area contributed by atoms with E-state index in [0.717, 1.165) is 12.8 Å². The average Bonchev–Trinajstić information content (AvgIpc) is 3.51. The van der Waals surface area contributed by atoms with E-state index in [4.69, 9.17) is 4.74 Å². The lowest BCUT2D eigenvalue weighted by molar-refractivity contribution is -0.118. The van der Waals surface area contributed by atoms with E-state index in [-0.39, 0.29) is 24.5 Å². The molecule has 2 aromatic rings. The molecule has 2 heterocycles. The fourth-order valence-electron chi connectivity index (χ4n) is 3.37. The van der Waals surface area contributed by atoms with E-state index in [0.29, 0.717) is 23.8 Å². The topological polar surface area (TPSA) is 131 Å². The van der Waals surface area contributed by atoms with Crippen LogP contribution in [0.25, 0.3) is 0 Å². The first-order chi connectivity index (χ1) is 15.7. The molecule has 0 radical (unpaired) electrons. The second-order valence-electron chi connectivity index (χ2n) is 8.25. The summed E-state index contributed by atoms with van der Waals surface area (Å²) in [5, 5.41) is 2.16. The first-order valence-corrected chi connectivity index (χ1v) is 12.1. The van der Waals surface area contributed by atoms with Gasteiger partial charge in [0.25, 0.3) is 0 Å². The van der Waals surface area contributed by atoms with Crippen LogP contribution >= 0.6 is 0 Å². The normalized spacial score (nSPS) is 17.2. The maximum atomic E-state index is 14.0. The van der Waals surface area contributed by atoms with Gasteiger partial charge in [-0.2, -0.15) is 0 Å². The molecule has 1 aromatic heterocycles. The van der Waals surface area contributed by atoms with Crippen molar-refractivity contribution in [3.63, 3.8) is 0 Å². The predicted octanol–water partition coefficient (Wildman–Crippen LogP) is 1.64. The minimum atomic E-state index is -3.82. The molecule has 2 fully saturated rings. The average molecular weight is 478 g/mol. The highest BCUT2D eigenvalue weighted by atomic mass is 32.2. The minimum Gasteiger partial charge on any atom is -0.490 e. The quantitative estimate of drug-likeness (QED) is 0.498. The zero-order chi connectivity index (χ0) is 23.6. The van der Waals surface area contributed by atoms with Gasteiger partial charge in [0.15, 0.2) is 11.6 Å². The van der Waals surface area contributed by atoms with E-state index in [1.807, 2.05) is 0 Å². The number of hydrogen-bond donors (Lipinski definition) is 2. The maximum absolute atomic E-state index is 14.0. The Morgan fingerprint density at radius 3 is 2.73 bits per heavy atom. The van der Waals surface area contributed by atoms with E-state index >= 15 is 0 Å². The van der Waals surface area contributed by atoms with Crippen molar-refractivity contribution in [2.24, 2.45) is 5.92 Å². The Labute approximate surface area is 190 Å². The Hall–Kier alpha value is -3.12. The summed E-state index contributed by atoms with van der Waals surface area (Å²) >= 11 is 0. The number of aromatic nitrogens is 2. The Kier molecular flexibility index (Phi) is 6.56. The van der Waals surface area contributed by atoms with Gasteiger partial charge in [0, 0.05) is 12.2 Å². The highest BCUT2D eigenvalue weighted by molar-refractivity contribution is 7.88. The summed E-state index contributed by atoms with van der Waals surface area (Å²) in [6.45, 7) is 2.04. The van der Waals surface area contributed by atoms with Crippen LogP contribution in [0.3, 0.4) is 0 Å². The molecule has 0 unspecified atom stereocenters. The van der Waals surface area contributed by atoms with Gasteiger partial charge in [0.05, 0.1) is 30.7 Å². The lowest BCUT2D eigenvalue weighted by Gasteiger charge is -2.16. The zero-order valence-electron chi connectivity index (χ0n) is 18.0. The molecule has 0 spiro atoms. The van der Waals surface area contributed by atoms with Crippen molar-refractivity contribution in [2.75, 3.05) is 13.2 Å². The Bertz CT molecular complexity index is 1170. The number of hydrogen-bond acceptors (Lipinski definition) is 7. The predicted molar refractivity (Wildman–Crippen MR) is 115 cm³/mol. The molecule has 1 saturated heterocycles. The van der Waals surface area contributed by atoms with Crippen molar-refractivity contribution >= 4 is 22.0 Å². The van der Waals surface area contributed by atoms with Crippen LogP contribution in [0, 0.1) is 11.7 Å². The molecular weight excluding hydrogens is 453 g/mol. The van der Waals surface area contributed by atoms with Crippen molar-refractivity contribution < 1.29 is 27.1 Å².